The lowest BCUT2D eigenvalue weighted by atomic mass is 9.78. The van der Waals surface area contributed by atoms with Crippen molar-refractivity contribution in [2.75, 3.05) is 0 Å². The summed E-state index contributed by atoms with van der Waals surface area (Å²) in [6, 6.07) is 8.32. The third kappa shape index (κ3) is 3.46. The normalized spacial score (nSPS) is 26.8. The highest BCUT2D eigenvalue weighted by Gasteiger charge is 2.24. The van der Waals surface area contributed by atoms with E-state index < -0.39 is 0 Å². The summed E-state index contributed by atoms with van der Waals surface area (Å²) in [7, 11) is 0. The van der Waals surface area contributed by atoms with Gasteiger partial charge in [0, 0.05) is 11.1 Å². The van der Waals surface area contributed by atoms with Crippen molar-refractivity contribution in [1.29, 1.82) is 0 Å². The first-order chi connectivity index (χ1) is 8.16. The molecule has 0 aromatic heterocycles. The predicted octanol–water partition coefficient (Wildman–Crippen LogP) is 4.04. The van der Waals surface area contributed by atoms with Crippen LogP contribution in [0.4, 0.5) is 0 Å². The van der Waals surface area contributed by atoms with E-state index in [1.807, 2.05) is 18.2 Å². The highest BCUT2D eigenvalue weighted by Crippen LogP contribution is 2.31. The molecule has 0 saturated heterocycles. The van der Waals surface area contributed by atoms with Gasteiger partial charge in [-0.15, -0.1) is 0 Å². The van der Waals surface area contributed by atoms with Crippen LogP contribution in [0, 0.1) is 11.8 Å². The summed E-state index contributed by atoms with van der Waals surface area (Å²) in [5.41, 5.74) is 7.53. The molecule has 0 amide bonds. The van der Waals surface area contributed by atoms with E-state index in [2.05, 4.69) is 13.0 Å². The Kier molecular flexibility index (Phi) is 4.47. The monoisotopic (exact) mass is 251 g/mol. The van der Waals surface area contributed by atoms with Crippen molar-refractivity contribution < 1.29 is 0 Å². The number of benzene rings is 1. The van der Waals surface area contributed by atoms with Gasteiger partial charge < -0.3 is 5.73 Å². The zero-order valence-corrected chi connectivity index (χ0v) is 11.3. The first-order valence-electron chi connectivity index (χ1n) is 6.66. The predicted molar refractivity (Wildman–Crippen MR) is 74.3 cm³/mol. The van der Waals surface area contributed by atoms with Gasteiger partial charge in [0.05, 0.1) is 0 Å². The lowest BCUT2D eigenvalue weighted by Crippen LogP contribution is -2.34. The molecule has 0 heterocycles. The van der Waals surface area contributed by atoms with Crippen LogP contribution in [0.3, 0.4) is 0 Å². The molecular formula is C15H22ClN. The standard InChI is InChI=1S/C15H22ClN/c1-11-6-8-12(9-7-11)15(17)10-13-4-2-3-5-14(13)16/h2-5,11-12,15H,6-10,17H2,1H3. The minimum Gasteiger partial charge on any atom is -0.327 e. The van der Waals surface area contributed by atoms with Crippen LogP contribution in [-0.2, 0) is 6.42 Å². The van der Waals surface area contributed by atoms with Crippen molar-refractivity contribution in [2.45, 2.75) is 45.1 Å². The zero-order chi connectivity index (χ0) is 12.3. The molecule has 1 saturated carbocycles. The van der Waals surface area contributed by atoms with Crippen LogP contribution >= 0.6 is 11.6 Å². The maximum atomic E-state index is 6.34. The summed E-state index contributed by atoms with van der Waals surface area (Å²) < 4.78 is 0. The highest BCUT2D eigenvalue weighted by atomic mass is 35.5. The van der Waals surface area contributed by atoms with E-state index >= 15 is 0 Å². The van der Waals surface area contributed by atoms with Crippen LogP contribution in [0.15, 0.2) is 24.3 Å². The molecule has 94 valence electrons. The Bertz CT molecular complexity index is 356. The molecule has 0 aliphatic heterocycles. The lowest BCUT2D eigenvalue weighted by molar-refractivity contribution is 0.253. The first kappa shape index (κ1) is 12.9. The summed E-state index contributed by atoms with van der Waals surface area (Å²) in [6.45, 7) is 2.34. The second kappa shape index (κ2) is 5.88. The summed E-state index contributed by atoms with van der Waals surface area (Å²) in [5, 5.41) is 0.854. The van der Waals surface area contributed by atoms with Gasteiger partial charge >= 0.3 is 0 Å². The molecule has 1 aliphatic carbocycles. The fourth-order valence-electron chi connectivity index (χ4n) is 2.80. The van der Waals surface area contributed by atoms with E-state index in [4.69, 9.17) is 17.3 Å². The molecule has 0 spiro atoms. The minimum absolute atomic E-state index is 0.266. The fraction of sp³-hybridized carbons (Fsp3) is 0.600. The van der Waals surface area contributed by atoms with E-state index in [-0.39, 0.29) is 6.04 Å². The fourth-order valence-corrected chi connectivity index (χ4v) is 3.01. The Morgan fingerprint density at radius 2 is 1.88 bits per heavy atom. The Hall–Kier alpha value is -0.530. The van der Waals surface area contributed by atoms with Gasteiger partial charge in [0.15, 0.2) is 0 Å². The Balaban J connectivity index is 1.93. The summed E-state index contributed by atoms with van der Waals surface area (Å²) >= 11 is 6.17. The number of rotatable bonds is 3. The smallest absolute Gasteiger partial charge is 0.0438 e. The van der Waals surface area contributed by atoms with Crippen molar-refractivity contribution in [2.24, 2.45) is 17.6 Å². The molecule has 0 radical (unpaired) electrons. The van der Waals surface area contributed by atoms with Gasteiger partial charge in [-0.2, -0.15) is 0 Å². The van der Waals surface area contributed by atoms with Crippen LogP contribution in [0.1, 0.15) is 38.2 Å². The topological polar surface area (TPSA) is 26.0 Å². The summed E-state index contributed by atoms with van der Waals surface area (Å²) in [6.07, 6.45) is 6.15. The largest absolute Gasteiger partial charge is 0.327 e. The van der Waals surface area contributed by atoms with Gasteiger partial charge in [-0.3, -0.25) is 0 Å². The third-order valence-corrected chi connectivity index (χ3v) is 4.45. The molecule has 1 atom stereocenters. The molecule has 2 heteroatoms. The van der Waals surface area contributed by atoms with Gasteiger partial charge in [-0.1, -0.05) is 49.6 Å². The van der Waals surface area contributed by atoms with Gasteiger partial charge in [0.1, 0.15) is 0 Å². The average Bonchev–Trinajstić information content (AvgIpc) is 2.33. The highest BCUT2D eigenvalue weighted by molar-refractivity contribution is 6.31. The molecule has 2 rings (SSSR count). The van der Waals surface area contributed by atoms with Crippen molar-refractivity contribution in [3.63, 3.8) is 0 Å². The van der Waals surface area contributed by atoms with Crippen LogP contribution in [-0.4, -0.2) is 6.04 Å². The van der Waals surface area contributed by atoms with E-state index in [9.17, 15) is 0 Å². The molecule has 1 aromatic rings. The zero-order valence-electron chi connectivity index (χ0n) is 10.5. The SMILES string of the molecule is CC1CCC(C(N)Cc2ccccc2Cl)CC1. The Labute approximate surface area is 109 Å². The lowest BCUT2D eigenvalue weighted by Gasteiger charge is -2.30. The van der Waals surface area contributed by atoms with E-state index in [1.165, 1.54) is 31.2 Å². The van der Waals surface area contributed by atoms with Gasteiger partial charge in [0.2, 0.25) is 0 Å². The molecule has 2 N–H and O–H groups in total. The second-order valence-corrected chi connectivity index (χ2v) is 5.89. The van der Waals surface area contributed by atoms with E-state index in [0.29, 0.717) is 5.92 Å². The van der Waals surface area contributed by atoms with Crippen molar-refractivity contribution in [3.8, 4) is 0 Å². The molecule has 0 bridgehead atoms. The number of hydrogen-bond acceptors (Lipinski definition) is 1. The van der Waals surface area contributed by atoms with Gasteiger partial charge in [-0.05, 0) is 42.7 Å². The molecule has 1 unspecified atom stereocenters. The summed E-state index contributed by atoms with van der Waals surface area (Å²) in [5.74, 6) is 1.57. The van der Waals surface area contributed by atoms with Crippen LogP contribution < -0.4 is 5.73 Å². The second-order valence-electron chi connectivity index (χ2n) is 5.48. The van der Waals surface area contributed by atoms with Crippen molar-refractivity contribution in [3.05, 3.63) is 34.9 Å². The molecule has 17 heavy (non-hydrogen) atoms. The Morgan fingerprint density at radius 1 is 1.24 bits per heavy atom. The van der Waals surface area contributed by atoms with Crippen LogP contribution in [0.2, 0.25) is 5.02 Å². The first-order valence-corrected chi connectivity index (χ1v) is 7.03. The third-order valence-electron chi connectivity index (χ3n) is 4.08. The number of halogens is 1. The summed E-state index contributed by atoms with van der Waals surface area (Å²) in [4.78, 5) is 0. The van der Waals surface area contributed by atoms with Crippen LogP contribution in [0.5, 0.6) is 0 Å². The Morgan fingerprint density at radius 3 is 2.53 bits per heavy atom. The molecule has 1 fully saturated rings. The van der Waals surface area contributed by atoms with Gasteiger partial charge in [0.25, 0.3) is 0 Å². The van der Waals surface area contributed by atoms with E-state index in [0.717, 1.165) is 17.4 Å². The average molecular weight is 252 g/mol. The van der Waals surface area contributed by atoms with Crippen molar-refractivity contribution in [1.82, 2.24) is 0 Å². The van der Waals surface area contributed by atoms with Gasteiger partial charge in [-0.25, -0.2) is 0 Å². The van der Waals surface area contributed by atoms with Crippen molar-refractivity contribution >= 4 is 11.6 Å². The molecule has 1 nitrogen and oxygen atoms in total. The number of nitrogens with two attached hydrogens (primary N) is 1. The minimum atomic E-state index is 0.266. The maximum absolute atomic E-state index is 6.34. The molecule has 1 aromatic carbocycles. The molecular weight excluding hydrogens is 230 g/mol. The molecule has 1 aliphatic rings. The number of hydrogen-bond donors (Lipinski definition) is 1. The maximum Gasteiger partial charge on any atom is 0.0438 e. The quantitative estimate of drug-likeness (QED) is 0.862. The van der Waals surface area contributed by atoms with E-state index in [1.54, 1.807) is 0 Å². The van der Waals surface area contributed by atoms with Crippen LogP contribution in [0.25, 0.3) is 0 Å².